The summed E-state index contributed by atoms with van der Waals surface area (Å²) in [6.45, 7) is 5.92. The molecular weight excluding hydrogens is 467 g/mol. The van der Waals surface area contributed by atoms with Crippen LogP contribution in [0, 0.1) is 6.92 Å². The van der Waals surface area contributed by atoms with Crippen LogP contribution in [-0.2, 0) is 29.0 Å². The second-order valence-electron chi connectivity index (χ2n) is 8.69. The van der Waals surface area contributed by atoms with Gasteiger partial charge in [0.05, 0.1) is 6.42 Å². The van der Waals surface area contributed by atoms with Gasteiger partial charge in [0.1, 0.15) is 6.04 Å². The molecule has 0 heterocycles. The molecule has 0 aromatic heterocycles. The third kappa shape index (κ3) is 6.85. The molecule has 3 aromatic carbocycles. The lowest BCUT2D eigenvalue weighted by atomic mass is 10.00. The highest BCUT2D eigenvalue weighted by molar-refractivity contribution is 6.36. The summed E-state index contributed by atoms with van der Waals surface area (Å²) in [5, 5.41) is 3.91. The Morgan fingerprint density at radius 1 is 0.882 bits per heavy atom. The van der Waals surface area contributed by atoms with E-state index in [4.69, 9.17) is 23.2 Å². The molecule has 3 rings (SSSR count). The summed E-state index contributed by atoms with van der Waals surface area (Å²) in [7, 11) is 0. The Balaban J connectivity index is 2.03. The fourth-order valence-electron chi connectivity index (χ4n) is 3.86. The van der Waals surface area contributed by atoms with Crippen molar-refractivity contribution in [3.8, 4) is 0 Å². The zero-order valence-corrected chi connectivity index (χ0v) is 21.2. The minimum Gasteiger partial charge on any atom is -0.352 e. The number of hydrogen-bond donors (Lipinski definition) is 1. The van der Waals surface area contributed by atoms with Crippen LogP contribution >= 0.6 is 23.2 Å². The van der Waals surface area contributed by atoms with Crippen molar-refractivity contribution in [2.24, 2.45) is 0 Å². The molecule has 178 valence electrons. The van der Waals surface area contributed by atoms with Gasteiger partial charge in [0, 0.05) is 34.6 Å². The van der Waals surface area contributed by atoms with Gasteiger partial charge >= 0.3 is 0 Å². The molecule has 4 nitrogen and oxygen atoms in total. The third-order valence-electron chi connectivity index (χ3n) is 5.70. The first kappa shape index (κ1) is 25.8. The molecule has 0 spiro atoms. The summed E-state index contributed by atoms with van der Waals surface area (Å²) < 4.78 is 0. The van der Waals surface area contributed by atoms with E-state index in [-0.39, 0.29) is 30.8 Å². The van der Waals surface area contributed by atoms with Gasteiger partial charge < -0.3 is 10.2 Å². The maximum atomic E-state index is 13.8. The Hall–Kier alpha value is -2.82. The average Bonchev–Trinajstić information content (AvgIpc) is 2.79. The summed E-state index contributed by atoms with van der Waals surface area (Å²) in [5.74, 6) is -0.370. The summed E-state index contributed by atoms with van der Waals surface area (Å²) in [6.07, 6.45) is 0.552. The molecule has 34 heavy (non-hydrogen) atoms. The molecule has 1 N–H and O–H groups in total. The monoisotopic (exact) mass is 496 g/mol. The Morgan fingerprint density at radius 2 is 1.50 bits per heavy atom. The molecule has 0 aliphatic heterocycles. The number of carbonyl (C=O) groups excluding carboxylic acids is 2. The number of hydrogen-bond acceptors (Lipinski definition) is 2. The Labute approximate surface area is 211 Å². The number of carbonyl (C=O) groups is 2. The fraction of sp³-hybridized carbons (Fsp3) is 0.286. The highest BCUT2D eigenvalue weighted by Gasteiger charge is 2.31. The third-order valence-corrected chi connectivity index (χ3v) is 6.40. The van der Waals surface area contributed by atoms with E-state index in [1.807, 2.05) is 75.4 Å². The van der Waals surface area contributed by atoms with Gasteiger partial charge in [-0.05, 0) is 49.6 Å². The highest BCUT2D eigenvalue weighted by Crippen LogP contribution is 2.27. The lowest BCUT2D eigenvalue weighted by Gasteiger charge is -2.32. The van der Waals surface area contributed by atoms with Crippen LogP contribution in [0.2, 0.25) is 10.0 Å². The summed E-state index contributed by atoms with van der Waals surface area (Å²) >= 11 is 12.9. The number of halogens is 2. The van der Waals surface area contributed by atoms with Gasteiger partial charge in [-0.1, -0.05) is 83.9 Å². The SMILES string of the molecule is Cc1ccccc1CC(=O)N(Cc1c(Cl)cccc1Cl)[C@@H](Cc1ccccc1)C(=O)NC(C)C. The zero-order valence-electron chi connectivity index (χ0n) is 19.7. The van der Waals surface area contributed by atoms with E-state index < -0.39 is 6.04 Å². The Morgan fingerprint density at radius 3 is 2.12 bits per heavy atom. The van der Waals surface area contributed by atoms with Crippen LogP contribution in [0.5, 0.6) is 0 Å². The van der Waals surface area contributed by atoms with E-state index in [0.717, 1.165) is 16.7 Å². The smallest absolute Gasteiger partial charge is 0.243 e. The van der Waals surface area contributed by atoms with Crippen molar-refractivity contribution in [3.63, 3.8) is 0 Å². The molecule has 2 amide bonds. The van der Waals surface area contributed by atoms with Crippen LogP contribution in [0.3, 0.4) is 0 Å². The molecule has 3 aromatic rings. The quantitative estimate of drug-likeness (QED) is 0.394. The van der Waals surface area contributed by atoms with E-state index in [2.05, 4.69) is 5.32 Å². The summed E-state index contributed by atoms with van der Waals surface area (Å²) in [5.41, 5.74) is 3.54. The molecule has 0 saturated heterocycles. The van der Waals surface area contributed by atoms with E-state index in [1.54, 1.807) is 23.1 Å². The number of benzene rings is 3. The van der Waals surface area contributed by atoms with Crippen molar-refractivity contribution >= 4 is 35.0 Å². The maximum absolute atomic E-state index is 13.8. The summed E-state index contributed by atoms with van der Waals surface area (Å²) in [4.78, 5) is 28.8. The van der Waals surface area contributed by atoms with Gasteiger partial charge in [-0.2, -0.15) is 0 Å². The van der Waals surface area contributed by atoms with Crippen molar-refractivity contribution in [2.45, 2.75) is 52.2 Å². The van der Waals surface area contributed by atoms with Crippen LogP contribution in [0.15, 0.2) is 72.8 Å². The average molecular weight is 497 g/mol. The Bertz CT molecular complexity index is 1110. The largest absolute Gasteiger partial charge is 0.352 e. The first-order valence-corrected chi connectivity index (χ1v) is 12.1. The molecule has 0 aliphatic rings. The summed E-state index contributed by atoms with van der Waals surface area (Å²) in [6, 6.07) is 21.9. The Kier molecular flexibility index (Phi) is 9.14. The number of nitrogens with one attached hydrogen (secondary N) is 1. The van der Waals surface area contributed by atoms with Crippen LogP contribution < -0.4 is 5.32 Å². The van der Waals surface area contributed by atoms with Gasteiger partial charge in [-0.15, -0.1) is 0 Å². The molecule has 6 heteroatoms. The van der Waals surface area contributed by atoms with Crippen molar-refractivity contribution in [1.82, 2.24) is 10.2 Å². The maximum Gasteiger partial charge on any atom is 0.243 e. The van der Waals surface area contributed by atoms with Crippen molar-refractivity contribution < 1.29 is 9.59 Å². The van der Waals surface area contributed by atoms with Crippen LogP contribution in [-0.4, -0.2) is 28.8 Å². The number of aryl methyl sites for hydroxylation is 1. The van der Waals surface area contributed by atoms with Crippen molar-refractivity contribution in [1.29, 1.82) is 0 Å². The second-order valence-corrected chi connectivity index (χ2v) is 9.51. The molecule has 0 saturated carbocycles. The predicted molar refractivity (Wildman–Crippen MR) is 139 cm³/mol. The number of nitrogens with zero attached hydrogens (tertiary/aromatic N) is 1. The van der Waals surface area contributed by atoms with Crippen LogP contribution in [0.4, 0.5) is 0 Å². The van der Waals surface area contributed by atoms with E-state index in [9.17, 15) is 9.59 Å². The van der Waals surface area contributed by atoms with Crippen LogP contribution in [0.1, 0.15) is 36.1 Å². The minimum absolute atomic E-state index is 0.0667. The topological polar surface area (TPSA) is 49.4 Å². The van der Waals surface area contributed by atoms with Crippen molar-refractivity contribution in [2.75, 3.05) is 0 Å². The van der Waals surface area contributed by atoms with Gasteiger partial charge in [-0.25, -0.2) is 0 Å². The molecule has 0 unspecified atom stereocenters. The zero-order chi connectivity index (χ0) is 24.7. The highest BCUT2D eigenvalue weighted by atomic mass is 35.5. The molecule has 0 fully saturated rings. The second kappa shape index (κ2) is 12.0. The lowest BCUT2D eigenvalue weighted by Crippen LogP contribution is -2.52. The van der Waals surface area contributed by atoms with Crippen LogP contribution in [0.25, 0.3) is 0 Å². The standard InChI is InChI=1S/C28H30Cl2N2O2/c1-19(2)31-28(34)26(16-21-11-5-4-6-12-21)32(18-23-24(29)14-9-15-25(23)30)27(33)17-22-13-8-7-10-20(22)3/h4-15,19,26H,16-18H2,1-3H3,(H,31,34)/t26-/m0/s1. The molecular formula is C28H30Cl2N2O2. The molecule has 1 atom stereocenters. The minimum atomic E-state index is -0.728. The van der Waals surface area contributed by atoms with Crippen molar-refractivity contribution in [3.05, 3.63) is 105 Å². The number of amides is 2. The first-order chi connectivity index (χ1) is 16.3. The van der Waals surface area contributed by atoms with Gasteiger partial charge in [0.2, 0.25) is 11.8 Å². The van der Waals surface area contributed by atoms with E-state index >= 15 is 0 Å². The van der Waals surface area contributed by atoms with Gasteiger partial charge in [-0.3, -0.25) is 9.59 Å². The van der Waals surface area contributed by atoms with Gasteiger partial charge in [0.25, 0.3) is 0 Å². The van der Waals surface area contributed by atoms with E-state index in [0.29, 0.717) is 22.0 Å². The molecule has 0 aliphatic carbocycles. The molecule has 0 radical (unpaired) electrons. The first-order valence-electron chi connectivity index (χ1n) is 11.4. The van der Waals surface area contributed by atoms with Gasteiger partial charge in [0.15, 0.2) is 0 Å². The van der Waals surface area contributed by atoms with E-state index in [1.165, 1.54) is 0 Å². The normalized spacial score (nSPS) is 11.8. The number of rotatable bonds is 9. The molecule has 0 bridgehead atoms. The predicted octanol–water partition coefficient (Wildman–Crippen LogP) is 6.01. The lowest BCUT2D eigenvalue weighted by molar-refractivity contribution is -0.141. The fourth-order valence-corrected chi connectivity index (χ4v) is 4.38.